The number of amides is 1. The highest BCUT2D eigenvalue weighted by atomic mass is 35.5. The molecule has 12 heteroatoms. The van der Waals surface area contributed by atoms with Gasteiger partial charge in [0.15, 0.2) is 11.6 Å². The van der Waals surface area contributed by atoms with E-state index in [-0.39, 0.29) is 39.5 Å². The number of carbonyl (C=O) groups excluding carboxylic acids is 1. The molecule has 0 spiro atoms. The van der Waals surface area contributed by atoms with Gasteiger partial charge >= 0.3 is 10.2 Å². The number of nitrogens with one attached hydrogen (secondary N) is 1. The van der Waals surface area contributed by atoms with Crippen molar-refractivity contribution in [3.63, 3.8) is 0 Å². The number of terminal acetylenes is 1. The second-order valence-corrected chi connectivity index (χ2v) is 8.83. The van der Waals surface area contributed by atoms with E-state index in [0.29, 0.717) is 5.56 Å². The van der Waals surface area contributed by atoms with Gasteiger partial charge in [0.05, 0.1) is 23.7 Å². The lowest BCUT2D eigenvalue weighted by atomic mass is 9.96. The highest BCUT2D eigenvalue weighted by Gasteiger charge is 2.24. The Morgan fingerprint density at radius 3 is 2.64 bits per heavy atom. The molecule has 0 fully saturated rings. The molecular formula is C24H15ClF2N4O4S. The molecule has 182 valence electrons. The van der Waals surface area contributed by atoms with Gasteiger partial charge in [-0.2, -0.15) is 8.42 Å². The first-order chi connectivity index (χ1) is 17.0. The largest absolute Gasteiger partial charge is 0.507 e. The van der Waals surface area contributed by atoms with Crippen molar-refractivity contribution in [1.29, 1.82) is 0 Å². The van der Waals surface area contributed by atoms with Crippen LogP contribution in [-0.4, -0.2) is 25.4 Å². The van der Waals surface area contributed by atoms with Crippen LogP contribution in [0.25, 0.3) is 16.0 Å². The smallest absolute Gasteiger partial charge is 0.333 e. The van der Waals surface area contributed by atoms with Gasteiger partial charge in [0, 0.05) is 11.1 Å². The first-order valence-electron chi connectivity index (χ1n) is 9.81. The number of nitrogens with zero attached hydrogens (tertiary/aromatic N) is 2. The minimum absolute atomic E-state index is 0.00365. The number of phenols is 1. The van der Waals surface area contributed by atoms with Crippen LogP contribution in [0.15, 0.2) is 58.4 Å². The predicted octanol–water partition coefficient (Wildman–Crippen LogP) is 4.29. The first kappa shape index (κ1) is 26.2. The van der Waals surface area contributed by atoms with Crippen molar-refractivity contribution >= 4 is 39.4 Å². The molecule has 0 radical (unpaired) electrons. The molecule has 0 atom stereocenters. The number of phenolic OH excluding ortho intramolecular Hbond substituents is 1. The fraction of sp³-hybridized carbons (Fsp3) is 0.0417. The summed E-state index contributed by atoms with van der Waals surface area (Å²) < 4.78 is 49.7. The van der Waals surface area contributed by atoms with Crippen LogP contribution < -0.4 is 11.1 Å². The van der Waals surface area contributed by atoms with Crippen molar-refractivity contribution in [2.45, 2.75) is 11.4 Å². The zero-order valence-electron chi connectivity index (χ0n) is 18.1. The molecule has 8 nitrogen and oxygen atoms in total. The lowest BCUT2D eigenvalue weighted by molar-refractivity contribution is 0.0974. The Morgan fingerprint density at radius 2 is 2.00 bits per heavy atom. The van der Waals surface area contributed by atoms with Crippen molar-refractivity contribution in [3.8, 4) is 29.2 Å². The molecule has 0 aliphatic heterocycles. The fourth-order valence-electron chi connectivity index (χ4n) is 3.27. The Labute approximate surface area is 210 Å². The number of halogens is 3. The average Bonchev–Trinajstić information content (AvgIpc) is 2.83. The highest BCUT2D eigenvalue weighted by molar-refractivity contribution is 7.86. The van der Waals surface area contributed by atoms with E-state index in [0.717, 1.165) is 18.2 Å². The molecule has 3 aromatic carbocycles. The van der Waals surface area contributed by atoms with Crippen molar-refractivity contribution < 1.29 is 26.6 Å². The van der Waals surface area contributed by atoms with Crippen LogP contribution in [0.1, 0.15) is 21.5 Å². The Morgan fingerprint density at radius 1 is 1.28 bits per heavy atom. The fourth-order valence-corrected chi connectivity index (χ4v) is 4.10. The van der Waals surface area contributed by atoms with Crippen molar-refractivity contribution in [2.75, 3.05) is 0 Å². The third-order valence-electron chi connectivity index (χ3n) is 4.87. The second-order valence-electron chi connectivity index (χ2n) is 7.14. The van der Waals surface area contributed by atoms with E-state index < -0.39 is 38.6 Å². The van der Waals surface area contributed by atoms with Gasteiger partial charge in [-0.25, -0.2) is 14.2 Å². The molecule has 0 saturated carbocycles. The van der Waals surface area contributed by atoms with Gasteiger partial charge in [0.25, 0.3) is 5.91 Å². The lowest BCUT2D eigenvalue weighted by Crippen LogP contribution is -2.37. The zero-order chi connectivity index (χ0) is 26.6. The van der Waals surface area contributed by atoms with E-state index in [2.05, 4.69) is 21.1 Å². The number of aromatic hydroxyl groups is 1. The van der Waals surface area contributed by atoms with Gasteiger partial charge in [0.2, 0.25) is 0 Å². The number of carbonyl (C=O) groups is 1. The second kappa shape index (κ2) is 10.4. The highest BCUT2D eigenvalue weighted by Crippen LogP contribution is 2.42. The van der Waals surface area contributed by atoms with E-state index in [9.17, 15) is 26.6 Å². The number of rotatable bonds is 5. The molecule has 1 amide bonds. The Hall–Kier alpha value is -4.45. The van der Waals surface area contributed by atoms with Gasteiger partial charge in [0.1, 0.15) is 16.5 Å². The predicted molar refractivity (Wildman–Crippen MR) is 130 cm³/mol. The molecule has 0 aliphatic carbocycles. The first-order valence-corrected chi connectivity index (χ1v) is 11.6. The molecule has 0 saturated heterocycles. The number of aliphatic imine (C=N–C) groups is 1. The molecule has 0 bridgehead atoms. The van der Waals surface area contributed by atoms with Crippen LogP contribution in [0.5, 0.6) is 5.75 Å². The summed E-state index contributed by atoms with van der Waals surface area (Å²) in [6, 6.07) is 9.64. The maximum atomic E-state index is 14.1. The third kappa shape index (κ3) is 5.44. The molecular weight excluding hydrogens is 514 g/mol. The number of hydrogen-bond donors (Lipinski definition) is 3. The van der Waals surface area contributed by atoms with E-state index >= 15 is 0 Å². The maximum absolute atomic E-state index is 14.1. The number of benzene rings is 3. The summed E-state index contributed by atoms with van der Waals surface area (Å²) in [4.78, 5) is 19.6. The van der Waals surface area contributed by atoms with E-state index in [1.54, 1.807) is 0 Å². The lowest BCUT2D eigenvalue weighted by Gasteiger charge is -2.15. The normalized spacial score (nSPS) is 11.4. The van der Waals surface area contributed by atoms with Gasteiger partial charge in [-0.3, -0.25) is 10.1 Å². The Bertz CT molecular complexity index is 1610. The van der Waals surface area contributed by atoms with E-state index in [1.807, 2.05) is 0 Å². The van der Waals surface area contributed by atoms with Crippen LogP contribution in [0, 0.1) is 24.7 Å². The number of hydrogen-bond acceptors (Lipinski definition) is 5. The van der Waals surface area contributed by atoms with E-state index in [1.165, 1.54) is 30.3 Å². The van der Waals surface area contributed by atoms with Gasteiger partial charge in [-0.15, -0.1) is 10.3 Å². The quantitative estimate of drug-likeness (QED) is 0.150. The molecule has 0 unspecified atom stereocenters. The standard InChI is InChI=1S/C24H15ClF2N4O4S/c1-3-14-11-13(7-10-19(14)36(27,34)35)12-30-24(28)31-23(33)21-18(32)9-8-17(29-2)20(21)15-5-4-6-16(26)22(15)25/h1,4-11,32H,12H2,(H3,28,30,31,33). The molecule has 3 rings (SSSR count). The molecule has 0 aromatic heterocycles. The summed E-state index contributed by atoms with van der Waals surface area (Å²) in [6.07, 6.45) is 5.25. The van der Waals surface area contributed by atoms with Crippen LogP contribution in [0.2, 0.25) is 5.02 Å². The van der Waals surface area contributed by atoms with Gasteiger partial charge in [-0.1, -0.05) is 41.8 Å². The summed E-state index contributed by atoms with van der Waals surface area (Å²) in [5, 5.41) is 12.3. The molecule has 0 aliphatic rings. The van der Waals surface area contributed by atoms with Gasteiger partial charge in [-0.05, 0) is 35.4 Å². The minimum atomic E-state index is -5.02. The molecule has 4 N–H and O–H groups in total. The molecule has 36 heavy (non-hydrogen) atoms. The Balaban J connectivity index is 1.94. The summed E-state index contributed by atoms with van der Waals surface area (Å²) in [7, 11) is -5.02. The van der Waals surface area contributed by atoms with Crippen molar-refractivity contribution in [2.24, 2.45) is 10.7 Å². The zero-order valence-corrected chi connectivity index (χ0v) is 19.7. The minimum Gasteiger partial charge on any atom is -0.507 e. The SMILES string of the molecule is [C-]#[N+]c1ccc(O)c(C(=O)NC(N)=NCc2ccc(S(=O)(=O)F)c(C#C)c2)c1-c1cccc(F)c1Cl. The molecule has 0 heterocycles. The topological polar surface area (TPSA) is 126 Å². The summed E-state index contributed by atoms with van der Waals surface area (Å²) in [6.45, 7) is 7.23. The van der Waals surface area contributed by atoms with E-state index in [4.69, 9.17) is 30.3 Å². The summed E-state index contributed by atoms with van der Waals surface area (Å²) in [5.74, 6) is -0.612. The molecule has 3 aromatic rings. The maximum Gasteiger partial charge on any atom is 0.333 e. The van der Waals surface area contributed by atoms with Crippen LogP contribution in [0.4, 0.5) is 14.0 Å². The van der Waals surface area contributed by atoms with Crippen LogP contribution >= 0.6 is 11.6 Å². The van der Waals surface area contributed by atoms with Gasteiger partial charge < -0.3 is 10.8 Å². The number of nitrogens with two attached hydrogens (primary N) is 1. The monoisotopic (exact) mass is 528 g/mol. The number of guanidine groups is 1. The summed E-state index contributed by atoms with van der Waals surface area (Å²) in [5.41, 5.74) is 5.36. The summed E-state index contributed by atoms with van der Waals surface area (Å²) >= 11 is 6.06. The van der Waals surface area contributed by atoms with Crippen LogP contribution in [-0.2, 0) is 16.8 Å². The third-order valence-corrected chi connectivity index (χ3v) is 6.13. The van der Waals surface area contributed by atoms with Crippen LogP contribution in [0.3, 0.4) is 0 Å². The Kier molecular flexibility index (Phi) is 7.59. The van der Waals surface area contributed by atoms with Crippen molar-refractivity contribution in [1.82, 2.24) is 5.32 Å². The van der Waals surface area contributed by atoms with Crippen molar-refractivity contribution in [3.05, 3.63) is 87.5 Å². The average molecular weight is 529 g/mol.